The van der Waals surface area contributed by atoms with Gasteiger partial charge in [-0.25, -0.2) is 4.98 Å². The average molecular weight is 434 g/mol. The molecule has 1 heterocycles. The molecule has 0 atom stereocenters. The monoisotopic (exact) mass is 433 g/mol. The van der Waals surface area contributed by atoms with Gasteiger partial charge < -0.3 is 20.3 Å². The predicted molar refractivity (Wildman–Crippen MR) is 114 cm³/mol. The minimum Gasteiger partial charge on any atom is -0.492 e. The zero-order valence-corrected chi connectivity index (χ0v) is 17.6. The smallest absolute Gasteiger partial charge is 0.224 e. The quantitative estimate of drug-likeness (QED) is 0.618. The maximum absolute atomic E-state index is 5.77. The van der Waals surface area contributed by atoms with Gasteiger partial charge in [-0.1, -0.05) is 15.9 Å². The van der Waals surface area contributed by atoms with Crippen LogP contribution in [0, 0.1) is 0 Å². The van der Waals surface area contributed by atoms with E-state index in [-0.39, 0.29) is 0 Å². The molecule has 0 bridgehead atoms. The summed E-state index contributed by atoms with van der Waals surface area (Å²) < 4.78 is 6.83. The second-order valence-corrected chi connectivity index (χ2v) is 8.00. The molecule has 1 aliphatic rings. The molecule has 0 saturated heterocycles. The highest BCUT2D eigenvalue weighted by molar-refractivity contribution is 9.10. The first kappa shape index (κ1) is 19.9. The Morgan fingerprint density at radius 1 is 1.07 bits per heavy atom. The van der Waals surface area contributed by atoms with Crippen LogP contribution < -0.4 is 20.3 Å². The van der Waals surface area contributed by atoms with E-state index in [9.17, 15) is 0 Å². The molecule has 1 aliphatic carbocycles. The van der Waals surface area contributed by atoms with Crippen LogP contribution in [-0.4, -0.2) is 49.3 Å². The van der Waals surface area contributed by atoms with Crippen molar-refractivity contribution in [3.63, 3.8) is 0 Å². The summed E-state index contributed by atoms with van der Waals surface area (Å²) in [5, 5.41) is 7.10. The summed E-state index contributed by atoms with van der Waals surface area (Å²) in [5.41, 5.74) is 0. The largest absolute Gasteiger partial charge is 0.492 e. The number of hydrogen-bond acceptors (Lipinski definition) is 6. The number of benzene rings is 1. The fourth-order valence-electron chi connectivity index (χ4n) is 3.25. The number of hydrogen-bond donors (Lipinski definition) is 2. The van der Waals surface area contributed by atoms with Crippen LogP contribution in [0.4, 0.5) is 11.8 Å². The van der Waals surface area contributed by atoms with Crippen LogP contribution >= 0.6 is 15.9 Å². The summed E-state index contributed by atoms with van der Waals surface area (Å²) in [5.74, 6) is 2.56. The molecule has 146 valence electrons. The highest BCUT2D eigenvalue weighted by Gasteiger charge is 2.21. The molecule has 6 nitrogen and oxygen atoms in total. The Labute approximate surface area is 169 Å². The van der Waals surface area contributed by atoms with E-state index in [0.717, 1.165) is 54.2 Å². The topological polar surface area (TPSA) is 62.3 Å². The van der Waals surface area contributed by atoms with Gasteiger partial charge in [-0.2, -0.15) is 4.98 Å². The Balaban J connectivity index is 1.34. The van der Waals surface area contributed by atoms with Crippen LogP contribution in [0.5, 0.6) is 5.75 Å². The number of anilines is 2. The average Bonchev–Trinajstić information content (AvgIpc) is 2.68. The molecule has 2 aromatic rings. The van der Waals surface area contributed by atoms with E-state index in [1.165, 1.54) is 0 Å². The fourth-order valence-corrected chi connectivity index (χ4v) is 3.52. The molecular formula is C20H28BrN5O. The Morgan fingerprint density at radius 3 is 2.48 bits per heavy atom. The lowest BCUT2D eigenvalue weighted by atomic mass is 9.91. The molecule has 3 rings (SSSR count). The maximum Gasteiger partial charge on any atom is 0.224 e. The molecule has 0 radical (unpaired) electrons. The van der Waals surface area contributed by atoms with Gasteiger partial charge in [0.2, 0.25) is 5.95 Å². The summed E-state index contributed by atoms with van der Waals surface area (Å²) in [6.45, 7) is 1.55. The second-order valence-electron chi connectivity index (χ2n) is 7.08. The summed E-state index contributed by atoms with van der Waals surface area (Å²) in [7, 11) is 3.98. The molecule has 7 heteroatoms. The van der Waals surface area contributed by atoms with Gasteiger partial charge in [-0.3, -0.25) is 0 Å². The van der Waals surface area contributed by atoms with Crippen molar-refractivity contribution >= 4 is 27.7 Å². The van der Waals surface area contributed by atoms with Crippen molar-refractivity contribution in [1.82, 2.24) is 15.3 Å². The molecule has 2 N–H and O–H groups in total. The van der Waals surface area contributed by atoms with Crippen molar-refractivity contribution in [2.24, 2.45) is 0 Å². The molecule has 1 aromatic carbocycles. The van der Waals surface area contributed by atoms with Crippen molar-refractivity contribution in [1.29, 1.82) is 0 Å². The summed E-state index contributed by atoms with van der Waals surface area (Å²) in [4.78, 5) is 10.9. The molecule has 0 amide bonds. The molecule has 27 heavy (non-hydrogen) atoms. The highest BCUT2D eigenvalue weighted by Crippen LogP contribution is 2.22. The van der Waals surface area contributed by atoms with Crippen LogP contribution in [0.3, 0.4) is 0 Å². The van der Waals surface area contributed by atoms with Crippen LogP contribution in [0.1, 0.15) is 25.7 Å². The van der Waals surface area contributed by atoms with Gasteiger partial charge >= 0.3 is 0 Å². The van der Waals surface area contributed by atoms with Crippen LogP contribution in [0.25, 0.3) is 0 Å². The van der Waals surface area contributed by atoms with Gasteiger partial charge in [-0.05, 0) is 56.0 Å². The van der Waals surface area contributed by atoms with E-state index in [0.29, 0.717) is 18.7 Å². The third-order valence-electron chi connectivity index (χ3n) is 4.78. The number of aromatic nitrogens is 2. The first-order valence-corrected chi connectivity index (χ1v) is 10.3. The standard InChI is InChI=1S/C20H28BrN5O/c1-26(2)19-11-12-23-20(25-19)24-17-7-5-16(6-8-17)22-13-14-27-18-9-3-15(21)4-10-18/h3-4,9-12,16-17,22H,5-8,13-14H2,1-2H3,(H,23,24,25). The third kappa shape index (κ3) is 6.36. The first-order chi connectivity index (χ1) is 13.1. The predicted octanol–water partition coefficient (Wildman–Crippen LogP) is 3.70. The summed E-state index contributed by atoms with van der Waals surface area (Å²) in [6.07, 6.45) is 6.37. The van der Waals surface area contributed by atoms with Crippen molar-refractivity contribution in [3.8, 4) is 5.75 Å². The van der Waals surface area contributed by atoms with Gasteiger partial charge in [0.25, 0.3) is 0 Å². The van der Waals surface area contributed by atoms with E-state index in [1.807, 2.05) is 55.5 Å². The Morgan fingerprint density at radius 2 is 1.78 bits per heavy atom. The fraction of sp³-hybridized carbons (Fsp3) is 0.500. The number of halogens is 1. The van der Waals surface area contributed by atoms with Crippen LogP contribution in [-0.2, 0) is 0 Å². The zero-order chi connectivity index (χ0) is 19.1. The number of nitrogens with zero attached hydrogens (tertiary/aromatic N) is 3. The van der Waals surface area contributed by atoms with Crippen molar-refractivity contribution in [2.45, 2.75) is 37.8 Å². The Kier molecular flexibility index (Phi) is 7.29. The van der Waals surface area contributed by atoms with Crippen LogP contribution in [0.15, 0.2) is 41.0 Å². The number of rotatable bonds is 8. The lowest BCUT2D eigenvalue weighted by molar-refractivity contribution is 0.285. The van der Waals surface area contributed by atoms with Crippen molar-refractivity contribution in [3.05, 3.63) is 41.0 Å². The molecule has 0 unspecified atom stereocenters. The SMILES string of the molecule is CN(C)c1ccnc(NC2CCC(NCCOc3ccc(Br)cc3)CC2)n1. The van der Waals surface area contributed by atoms with Gasteiger partial charge in [-0.15, -0.1) is 0 Å². The van der Waals surface area contributed by atoms with Gasteiger partial charge in [0.15, 0.2) is 0 Å². The van der Waals surface area contributed by atoms with Gasteiger partial charge in [0.05, 0.1) is 0 Å². The van der Waals surface area contributed by atoms with E-state index in [2.05, 4.69) is 36.5 Å². The lowest BCUT2D eigenvalue weighted by Gasteiger charge is -2.30. The minimum absolute atomic E-state index is 0.444. The Bertz CT molecular complexity index is 702. The maximum atomic E-state index is 5.77. The van der Waals surface area contributed by atoms with Crippen molar-refractivity contribution < 1.29 is 4.74 Å². The van der Waals surface area contributed by atoms with Crippen molar-refractivity contribution in [2.75, 3.05) is 37.5 Å². The van der Waals surface area contributed by atoms with Gasteiger partial charge in [0.1, 0.15) is 18.2 Å². The molecule has 0 aliphatic heterocycles. The van der Waals surface area contributed by atoms with E-state index in [4.69, 9.17) is 4.74 Å². The van der Waals surface area contributed by atoms with Crippen LogP contribution in [0.2, 0.25) is 0 Å². The number of ether oxygens (including phenoxy) is 1. The van der Waals surface area contributed by atoms with E-state index < -0.39 is 0 Å². The molecule has 0 spiro atoms. The lowest BCUT2D eigenvalue weighted by Crippen LogP contribution is -2.38. The molecular weight excluding hydrogens is 406 g/mol. The third-order valence-corrected chi connectivity index (χ3v) is 5.31. The minimum atomic E-state index is 0.444. The normalized spacial score (nSPS) is 19.5. The van der Waals surface area contributed by atoms with E-state index >= 15 is 0 Å². The second kappa shape index (κ2) is 9.90. The molecule has 1 fully saturated rings. The van der Waals surface area contributed by atoms with Gasteiger partial charge in [0, 0.05) is 43.4 Å². The first-order valence-electron chi connectivity index (χ1n) is 9.49. The number of nitrogens with one attached hydrogen (secondary N) is 2. The Hall–Kier alpha value is -1.86. The zero-order valence-electron chi connectivity index (χ0n) is 16.0. The highest BCUT2D eigenvalue weighted by atomic mass is 79.9. The summed E-state index contributed by atoms with van der Waals surface area (Å²) in [6, 6.07) is 10.9. The summed E-state index contributed by atoms with van der Waals surface area (Å²) >= 11 is 3.43. The molecule has 1 saturated carbocycles. The van der Waals surface area contributed by atoms with E-state index in [1.54, 1.807) is 0 Å². The molecule has 1 aromatic heterocycles.